The van der Waals surface area contributed by atoms with Crippen molar-refractivity contribution in [3.05, 3.63) is 76.1 Å². The summed E-state index contributed by atoms with van der Waals surface area (Å²) in [7, 11) is 3.18. The van der Waals surface area contributed by atoms with Gasteiger partial charge in [0.05, 0.1) is 26.4 Å². The first-order chi connectivity index (χ1) is 16.9. The fourth-order valence-corrected chi connectivity index (χ4v) is 4.92. The number of ether oxygens (including phenoxy) is 3. The number of hydrogen-bond donors (Lipinski definition) is 2. The van der Waals surface area contributed by atoms with E-state index >= 15 is 0 Å². The standard InChI is InChI=1S/C28H31NO6/c1-5-12-35-28(32)25-16(2)29-21-13-19(18-8-11-23(33-3)24(15-18)34-4)14-22(31)27(21)26(25)17-6-9-20(30)10-7-17/h6-11,15,19,26,29-30H,5,12-14H2,1-4H3. The first-order valence-corrected chi connectivity index (χ1v) is 11.8. The molecule has 0 spiro atoms. The molecule has 35 heavy (non-hydrogen) atoms. The number of ketones is 1. The zero-order valence-electron chi connectivity index (χ0n) is 20.5. The van der Waals surface area contributed by atoms with Crippen molar-refractivity contribution < 1.29 is 28.9 Å². The van der Waals surface area contributed by atoms with Gasteiger partial charge in [0.25, 0.3) is 0 Å². The van der Waals surface area contributed by atoms with Crippen LogP contribution in [0.25, 0.3) is 0 Å². The summed E-state index contributed by atoms with van der Waals surface area (Å²) in [5.74, 6) is 0.311. The summed E-state index contributed by atoms with van der Waals surface area (Å²) in [5.41, 5.74) is 4.24. The highest BCUT2D eigenvalue weighted by molar-refractivity contribution is 6.04. The number of phenols is 1. The molecule has 0 saturated heterocycles. The summed E-state index contributed by atoms with van der Waals surface area (Å²) >= 11 is 0. The van der Waals surface area contributed by atoms with Crippen molar-refractivity contribution in [2.75, 3.05) is 20.8 Å². The van der Waals surface area contributed by atoms with Gasteiger partial charge in [-0.25, -0.2) is 4.79 Å². The third kappa shape index (κ3) is 4.76. The normalized spacial score (nSPS) is 19.7. The Kier molecular flexibility index (Phi) is 7.15. The molecule has 0 fully saturated rings. The van der Waals surface area contributed by atoms with Crippen molar-refractivity contribution in [2.24, 2.45) is 0 Å². The summed E-state index contributed by atoms with van der Waals surface area (Å²) in [6.45, 7) is 4.08. The molecule has 1 aliphatic carbocycles. The van der Waals surface area contributed by atoms with Crippen LogP contribution in [-0.2, 0) is 14.3 Å². The number of methoxy groups -OCH3 is 2. The van der Waals surface area contributed by atoms with Crippen molar-refractivity contribution in [3.8, 4) is 17.2 Å². The van der Waals surface area contributed by atoms with Gasteiger partial charge in [0.15, 0.2) is 17.3 Å². The highest BCUT2D eigenvalue weighted by Gasteiger charge is 2.41. The highest BCUT2D eigenvalue weighted by Crippen LogP contribution is 2.46. The number of phenolic OH excluding ortho intramolecular Hbond substituents is 1. The molecule has 1 aliphatic heterocycles. The van der Waals surface area contributed by atoms with Crippen LogP contribution in [0.5, 0.6) is 17.2 Å². The SMILES string of the molecule is CCCOC(=O)C1=C(C)NC2=C(C(=O)CC(c3ccc(OC)c(OC)c3)C2)C1c1ccc(O)cc1. The average Bonchev–Trinajstić information content (AvgIpc) is 2.86. The number of nitrogens with one attached hydrogen (secondary N) is 1. The van der Waals surface area contributed by atoms with Crippen LogP contribution in [0, 0.1) is 0 Å². The van der Waals surface area contributed by atoms with E-state index in [4.69, 9.17) is 14.2 Å². The molecule has 1 heterocycles. The first kappa shape index (κ1) is 24.4. The lowest BCUT2D eigenvalue weighted by atomic mass is 9.71. The highest BCUT2D eigenvalue weighted by atomic mass is 16.5. The van der Waals surface area contributed by atoms with Gasteiger partial charge in [-0.15, -0.1) is 0 Å². The molecular formula is C28H31NO6. The Morgan fingerprint density at radius 1 is 1.03 bits per heavy atom. The van der Waals surface area contributed by atoms with Gasteiger partial charge in [-0.2, -0.15) is 0 Å². The molecule has 184 valence electrons. The Labute approximate surface area is 205 Å². The molecule has 0 radical (unpaired) electrons. The fourth-order valence-electron chi connectivity index (χ4n) is 4.92. The summed E-state index contributed by atoms with van der Waals surface area (Å²) in [6.07, 6.45) is 1.62. The molecule has 0 aromatic heterocycles. The summed E-state index contributed by atoms with van der Waals surface area (Å²) < 4.78 is 16.3. The third-order valence-corrected chi connectivity index (χ3v) is 6.59. The van der Waals surface area contributed by atoms with Gasteiger partial charge in [-0.05, 0) is 61.1 Å². The van der Waals surface area contributed by atoms with Crippen LogP contribution < -0.4 is 14.8 Å². The predicted octanol–water partition coefficient (Wildman–Crippen LogP) is 4.72. The Morgan fingerprint density at radius 2 is 1.71 bits per heavy atom. The lowest BCUT2D eigenvalue weighted by molar-refractivity contribution is -0.139. The van der Waals surface area contributed by atoms with Gasteiger partial charge in [0.1, 0.15) is 5.75 Å². The fraction of sp³-hybridized carbons (Fsp3) is 0.357. The number of benzene rings is 2. The van der Waals surface area contributed by atoms with Crippen LogP contribution in [0.15, 0.2) is 65.0 Å². The summed E-state index contributed by atoms with van der Waals surface area (Å²) in [5, 5.41) is 13.2. The molecule has 2 N–H and O–H groups in total. The largest absolute Gasteiger partial charge is 0.508 e. The van der Waals surface area contributed by atoms with E-state index in [1.54, 1.807) is 38.5 Å². The molecule has 2 aliphatic rings. The third-order valence-electron chi connectivity index (χ3n) is 6.59. The Hall–Kier alpha value is -3.74. The van der Waals surface area contributed by atoms with E-state index in [1.807, 2.05) is 32.0 Å². The van der Waals surface area contributed by atoms with Crippen LogP contribution in [-0.4, -0.2) is 37.7 Å². The molecule has 7 nitrogen and oxygen atoms in total. The molecule has 2 aromatic carbocycles. The van der Waals surface area contributed by atoms with Crippen molar-refractivity contribution >= 4 is 11.8 Å². The van der Waals surface area contributed by atoms with Gasteiger partial charge < -0.3 is 24.6 Å². The minimum Gasteiger partial charge on any atom is -0.508 e. The van der Waals surface area contributed by atoms with E-state index in [1.165, 1.54) is 0 Å². The Balaban J connectivity index is 1.75. The van der Waals surface area contributed by atoms with Gasteiger partial charge in [-0.3, -0.25) is 4.79 Å². The predicted molar refractivity (Wildman–Crippen MR) is 131 cm³/mol. The molecule has 0 amide bonds. The number of rotatable bonds is 7. The molecule has 7 heteroatoms. The number of dihydropyridines is 1. The van der Waals surface area contributed by atoms with Crippen molar-refractivity contribution in [3.63, 3.8) is 0 Å². The second-order valence-corrected chi connectivity index (χ2v) is 8.86. The van der Waals surface area contributed by atoms with Crippen molar-refractivity contribution in [1.82, 2.24) is 5.32 Å². The maximum absolute atomic E-state index is 13.7. The molecular weight excluding hydrogens is 446 g/mol. The van der Waals surface area contributed by atoms with Gasteiger partial charge >= 0.3 is 5.97 Å². The summed E-state index contributed by atoms with van der Waals surface area (Å²) in [4.78, 5) is 26.7. The lowest BCUT2D eigenvalue weighted by Crippen LogP contribution is -2.36. The number of aromatic hydroxyl groups is 1. The minimum atomic E-state index is -0.560. The molecule has 2 unspecified atom stereocenters. The number of esters is 1. The van der Waals surface area contributed by atoms with E-state index < -0.39 is 11.9 Å². The number of carbonyl (C=O) groups excluding carboxylic acids is 2. The number of allylic oxidation sites excluding steroid dienone is 3. The zero-order valence-corrected chi connectivity index (χ0v) is 20.5. The van der Waals surface area contributed by atoms with E-state index in [-0.39, 0.29) is 17.5 Å². The van der Waals surface area contributed by atoms with Crippen LogP contribution >= 0.6 is 0 Å². The van der Waals surface area contributed by atoms with Crippen molar-refractivity contribution in [1.29, 1.82) is 0 Å². The smallest absolute Gasteiger partial charge is 0.336 e. The van der Waals surface area contributed by atoms with Gasteiger partial charge in [-0.1, -0.05) is 25.1 Å². The maximum atomic E-state index is 13.7. The van der Waals surface area contributed by atoms with E-state index in [0.717, 1.165) is 16.8 Å². The van der Waals surface area contributed by atoms with Crippen LogP contribution in [0.3, 0.4) is 0 Å². The monoisotopic (exact) mass is 477 g/mol. The second kappa shape index (κ2) is 10.3. The quantitative estimate of drug-likeness (QED) is 0.557. The second-order valence-electron chi connectivity index (χ2n) is 8.86. The van der Waals surface area contributed by atoms with Crippen LogP contribution in [0.1, 0.15) is 56.1 Å². The maximum Gasteiger partial charge on any atom is 0.336 e. The minimum absolute atomic E-state index is 0.0232. The van der Waals surface area contributed by atoms with Crippen molar-refractivity contribution in [2.45, 2.75) is 44.9 Å². The molecule has 0 bridgehead atoms. The summed E-state index contributed by atoms with van der Waals surface area (Å²) in [6, 6.07) is 12.4. The number of hydrogen-bond acceptors (Lipinski definition) is 7. The molecule has 2 aromatic rings. The first-order valence-electron chi connectivity index (χ1n) is 11.8. The van der Waals surface area contributed by atoms with Gasteiger partial charge in [0.2, 0.25) is 0 Å². The lowest BCUT2D eigenvalue weighted by Gasteiger charge is -2.36. The topological polar surface area (TPSA) is 94.1 Å². The Morgan fingerprint density at radius 3 is 2.37 bits per heavy atom. The van der Waals surface area contributed by atoms with Gasteiger partial charge in [0, 0.05) is 29.3 Å². The number of Topliss-reactive ketones (excluding diaryl/α,β-unsaturated/α-hetero) is 1. The Bertz CT molecular complexity index is 1190. The van der Waals surface area contributed by atoms with Crippen LogP contribution in [0.2, 0.25) is 0 Å². The average molecular weight is 478 g/mol. The van der Waals surface area contributed by atoms with E-state index in [0.29, 0.717) is 54.2 Å². The number of carbonyl (C=O) groups is 2. The van der Waals surface area contributed by atoms with E-state index in [2.05, 4.69) is 5.32 Å². The zero-order chi connectivity index (χ0) is 25.1. The molecule has 2 atom stereocenters. The molecule has 4 rings (SSSR count). The van der Waals surface area contributed by atoms with Crippen LogP contribution in [0.4, 0.5) is 0 Å². The van der Waals surface area contributed by atoms with E-state index in [9.17, 15) is 14.7 Å². The molecule has 0 saturated carbocycles.